The number of unbranched alkanes of at least 4 members (excludes halogenated alkanes) is 1. The summed E-state index contributed by atoms with van der Waals surface area (Å²) in [6.07, 6.45) is 3.39. The number of rotatable bonds is 11. The van der Waals surface area contributed by atoms with Gasteiger partial charge in [0.05, 0.1) is 5.02 Å². The minimum Gasteiger partial charge on any atom is -0.490 e. The van der Waals surface area contributed by atoms with E-state index < -0.39 is 0 Å². The fourth-order valence-electron chi connectivity index (χ4n) is 2.08. The van der Waals surface area contributed by atoms with Crippen LogP contribution in [0.5, 0.6) is 5.75 Å². The van der Waals surface area contributed by atoms with Crippen LogP contribution in [0.15, 0.2) is 18.2 Å². The molecule has 0 aromatic heterocycles. The summed E-state index contributed by atoms with van der Waals surface area (Å²) in [6, 6.07) is 5.28. The van der Waals surface area contributed by atoms with Gasteiger partial charge in [-0.1, -0.05) is 23.7 Å². The van der Waals surface area contributed by atoms with Gasteiger partial charge >= 0.3 is 0 Å². The van der Waals surface area contributed by atoms with E-state index in [1.807, 2.05) is 12.1 Å². The Hall–Kier alpha value is -1.79. The highest BCUT2D eigenvalue weighted by Gasteiger charge is 2.10. The summed E-state index contributed by atoms with van der Waals surface area (Å²) < 4.78 is 5.63. The Morgan fingerprint density at radius 3 is 2.48 bits per heavy atom. The molecule has 0 bridgehead atoms. The van der Waals surface area contributed by atoms with Crippen molar-refractivity contribution in [2.24, 2.45) is 17.2 Å². The number of hydrogen-bond acceptors (Lipinski definition) is 4. The van der Waals surface area contributed by atoms with Crippen LogP contribution in [0.4, 0.5) is 0 Å². The average Bonchev–Trinajstić information content (AvgIpc) is 2.49. The summed E-state index contributed by atoms with van der Waals surface area (Å²) in [5.74, 6) is -0.108. The molecule has 2 amide bonds. The standard InChI is InChI=1S/C16H24ClN3O3/c17-16-11(4-1-2-7-14(19)21)5-3-6-13(16)23-10-12(18)8-9-15(20)22/h3,5-6,12H,1-2,4,7-10,18H2,(H2,19,21)(H2,20,22)/t12-/m0/s1. The molecule has 0 aliphatic carbocycles. The van der Waals surface area contributed by atoms with Crippen LogP contribution in [-0.2, 0) is 16.0 Å². The first-order valence-electron chi connectivity index (χ1n) is 7.62. The normalized spacial score (nSPS) is 11.9. The van der Waals surface area contributed by atoms with Crippen molar-refractivity contribution in [1.29, 1.82) is 0 Å². The molecular formula is C16H24ClN3O3. The van der Waals surface area contributed by atoms with Crippen molar-refractivity contribution >= 4 is 23.4 Å². The van der Waals surface area contributed by atoms with Gasteiger partial charge in [0.15, 0.2) is 0 Å². The molecule has 6 N–H and O–H groups in total. The lowest BCUT2D eigenvalue weighted by Gasteiger charge is -2.15. The number of carbonyl (C=O) groups is 2. The maximum Gasteiger partial charge on any atom is 0.217 e. The van der Waals surface area contributed by atoms with Gasteiger partial charge in [-0.3, -0.25) is 9.59 Å². The quantitative estimate of drug-likeness (QED) is 0.528. The van der Waals surface area contributed by atoms with Crippen LogP contribution in [0.2, 0.25) is 5.02 Å². The van der Waals surface area contributed by atoms with Gasteiger partial charge in [-0.2, -0.15) is 0 Å². The second-order valence-electron chi connectivity index (χ2n) is 5.48. The third-order valence-electron chi connectivity index (χ3n) is 3.38. The molecule has 1 atom stereocenters. The Bertz CT molecular complexity index is 537. The molecule has 1 rings (SSSR count). The molecule has 0 fully saturated rings. The van der Waals surface area contributed by atoms with Gasteiger partial charge in [-0.15, -0.1) is 0 Å². The first kappa shape index (κ1) is 19.3. The molecule has 0 spiro atoms. The van der Waals surface area contributed by atoms with Gasteiger partial charge in [0, 0.05) is 18.9 Å². The Labute approximate surface area is 141 Å². The number of carbonyl (C=O) groups excluding carboxylic acids is 2. The molecule has 7 heteroatoms. The minimum absolute atomic E-state index is 0.234. The van der Waals surface area contributed by atoms with Crippen molar-refractivity contribution in [3.8, 4) is 5.75 Å². The van der Waals surface area contributed by atoms with E-state index in [0.29, 0.717) is 23.6 Å². The molecule has 128 valence electrons. The molecule has 0 aliphatic rings. The fourth-order valence-corrected chi connectivity index (χ4v) is 2.36. The number of aryl methyl sites for hydroxylation is 1. The van der Waals surface area contributed by atoms with E-state index in [-0.39, 0.29) is 30.9 Å². The van der Waals surface area contributed by atoms with E-state index in [2.05, 4.69) is 0 Å². The third kappa shape index (κ3) is 7.85. The van der Waals surface area contributed by atoms with Crippen LogP contribution in [0.3, 0.4) is 0 Å². The summed E-state index contributed by atoms with van der Waals surface area (Å²) in [5.41, 5.74) is 17.0. The molecule has 0 aliphatic heterocycles. The second-order valence-corrected chi connectivity index (χ2v) is 5.86. The summed E-state index contributed by atoms with van der Waals surface area (Å²) in [4.78, 5) is 21.4. The summed E-state index contributed by atoms with van der Waals surface area (Å²) >= 11 is 6.33. The Balaban J connectivity index is 2.48. The number of primary amides is 2. The average molecular weight is 342 g/mol. The van der Waals surface area contributed by atoms with Crippen molar-refractivity contribution in [2.45, 2.75) is 44.6 Å². The van der Waals surface area contributed by atoms with E-state index in [1.54, 1.807) is 6.07 Å². The number of ether oxygens (including phenoxy) is 1. The van der Waals surface area contributed by atoms with Crippen LogP contribution in [-0.4, -0.2) is 24.5 Å². The highest BCUT2D eigenvalue weighted by Crippen LogP contribution is 2.29. The molecule has 1 aromatic carbocycles. The number of nitrogens with two attached hydrogens (primary N) is 3. The van der Waals surface area contributed by atoms with E-state index in [0.717, 1.165) is 24.8 Å². The predicted molar refractivity (Wildman–Crippen MR) is 90.1 cm³/mol. The smallest absolute Gasteiger partial charge is 0.217 e. The highest BCUT2D eigenvalue weighted by atomic mass is 35.5. The molecular weight excluding hydrogens is 318 g/mol. The monoisotopic (exact) mass is 341 g/mol. The van der Waals surface area contributed by atoms with Gasteiger partial charge in [0.2, 0.25) is 11.8 Å². The zero-order chi connectivity index (χ0) is 17.2. The highest BCUT2D eigenvalue weighted by molar-refractivity contribution is 6.32. The van der Waals surface area contributed by atoms with Crippen LogP contribution in [0.25, 0.3) is 0 Å². The van der Waals surface area contributed by atoms with Crippen molar-refractivity contribution in [3.05, 3.63) is 28.8 Å². The van der Waals surface area contributed by atoms with E-state index >= 15 is 0 Å². The maximum atomic E-state index is 10.7. The van der Waals surface area contributed by atoms with E-state index in [9.17, 15) is 9.59 Å². The minimum atomic E-state index is -0.378. The number of benzene rings is 1. The second kappa shape index (κ2) is 10.1. The van der Waals surface area contributed by atoms with Crippen LogP contribution in [0.1, 0.15) is 37.7 Å². The molecule has 23 heavy (non-hydrogen) atoms. The molecule has 0 saturated heterocycles. The molecule has 0 saturated carbocycles. The summed E-state index contributed by atoms with van der Waals surface area (Å²) in [5, 5.41) is 0.550. The van der Waals surface area contributed by atoms with Gasteiger partial charge in [0.25, 0.3) is 0 Å². The Morgan fingerprint density at radius 2 is 1.83 bits per heavy atom. The molecule has 1 aromatic rings. The van der Waals surface area contributed by atoms with E-state index in [1.165, 1.54) is 0 Å². The van der Waals surface area contributed by atoms with Crippen molar-refractivity contribution in [3.63, 3.8) is 0 Å². The third-order valence-corrected chi connectivity index (χ3v) is 3.81. The van der Waals surface area contributed by atoms with Crippen LogP contribution >= 0.6 is 11.6 Å². The first-order chi connectivity index (χ1) is 10.9. The largest absolute Gasteiger partial charge is 0.490 e. The van der Waals surface area contributed by atoms with Gasteiger partial charge in [-0.25, -0.2) is 0 Å². The van der Waals surface area contributed by atoms with Crippen molar-refractivity contribution in [2.75, 3.05) is 6.61 Å². The zero-order valence-electron chi connectivity index (χ0n) is 13.1. The van der Waals surface area contributed by atoms with Gasteiger partial charge < -0.3 is 21.9 Å². The first-order valence-corrected chi connectivity index (χ1v) is 8.00. The number of amides is 2. The van der Waals surface area contributed by atoms with Gasteiger partial charge in [-0.05, 0) is 37.3 Å². The SMILES string of the molecule is NC(=O)CCCCc1cccc(OC[C@@H](N)CCC(N)=O)c1Cl. The summed E-state index contributed by atoms with van der Waals surface area (Å²) in [6.45, 7) is 0.262. The fraction of sp³-hybridized carbons (Fsp3) is 0.500. The molecule has 0 unspecified atom stereocenters. The predicted octanol–water partition coefficient (Wildman–Crippen LogP) is 1.51. The molecule has 0 heterocycles. The summed E-state index contributed by atoms with van der Waals surface area (Å²) in [7, 11) is 0. The lowest BCUT2D eigenvalue weighted by atomic mass is 10.1. The van der Waals surface area contributed by atoms with Gasteiger partial charge in [0.1, 0.15) is 12.4 Å². The maximum absolute atomic E-state index is 10.7. The zero-order valence-corrected chi connectivity index (χ0v) is 13.8. The Morgan fingerprint density at radius 1 is 1.13 bits per heavy atom. The van der Waals surface area contributed by atoms with Crippen LogP contribution < -0.4 is 21.9 Å². The lowest BCUT2D eigenvalue weighted by molar-refractivity contribution is -0.119. The topological polar surface area (TPSA) is 121 Å². The molecule has 6 nitrogen and oxygen atoms in total. The van der Waals surface area contributed by atoms with Crippen LogP contribution in [0, 0.1) is 0 Å². The Kier molecular flexibility index (Phi) is 8.43. The number of halogens is 1. The number of hydrogen-bond donors (Lipinski definition) is 3. The lowest BCUT2D eigenvalue weighted by Crippen LogP contribution is -2.29. The van der Waals surface area contributed by atoms with Crippen molar-refractivity contribution in [1.82, 2.24) is 0 Å². The molecule has 0 radical (unpaired) electrons. The van der Waals surface area contributed by atoms with E-state index in [4.69, 9.17) is 33.5 Å². The van der Waals surface area contributed by atoms with Crippen molar-refractivity contribution < 1.29 is 14.3 Å².